The lowest BCUT2D eigenvalue weighted by molar-refractivity contribution is -0.145. The SMILES string of the molecule is Cc1ccc(C(=O)[C@@H]2[C@H]3C[C@@H]([C@@H]2C(=O)O)[C@H](c2ccccc2)C3)cc1. The Bertz CT molecular complexity index is 794. The van der Waals surface area contributed by atoms with E-state index in [4.69, 9.17) is 0 Å². The zero-order chi connectivity index (χ0) is 17.6. The lowest BCUT2D eigenvalue weighted by atomic mass is 9.69. The van der Waals surface area contributed by atoms with E-state index >= 15 is 0 Å². The van der Waals surface area contributed by atoms with Gasteiger partial charge >= 0.3 is 5.97 Å². The number of carboxylic acids is 1. The third-order valence-corrected chi connectivity index (χ3v) is 6.16. The van der Waals surface area contributed by atoms with E-state index < -0.39 is 11.9 Å². The van der Waals surface area contributed by atoms with Crippen LogP contribution in [0.1, 0.15) is 40.2 Å². The number of carbonyl (C=O) groups is 2. The highest BCUT2D eigenvalue weighted by Gasteiger charge is 2.58. The quantitative estimate of drug-likeness (QED) is 0.847. The van der Waals surface area contributed by atoms with Crippen molar-refractivity contribution in [1.82, 2.24) is 0 Å². The first-order valence-corrected chi connectivity index (χ1v) is 8.95. The molecule has 0 spiro atoms. The molecule has 0 radical (unpaired) electrons. The predicted molar refractivity (Wildman–Crippen MR) is 95.5 cm³/mol. The molecule has 0 heterocycles. The van der Waals surface area contributed by atoms with Gasteiger partial charge in [-0.3, -0.25) is 9.59 Å². The maximum Gasteiger partial charge on any atom is 0.307 e. The first-order valence-electron chi connectivity index (χ1n) is 8.95. The van der Waals surface area contributed by atoms with Crippen LogP contribution in [0.3, 0.4) is 0 Å². The van der Waals surface area contributed by atoms with E-state index in [1.54, 1.807) is 0 Å². The first-order chi connectivity index (χ1) is 12.1. The Morgan fingerprint density at radius 2 is 1.60 bits per heavy atom. The number of rotatable bonds is 4. The van der Waals surface area contributed by atoms with Gasteiger partial charge in [-0.1, -0.05) is 60.2 Å². The number of aryl methyl sites for hydroxylation is 1. The zero-order valence-electron chi connectivity index (χ0n) is 14.3. The van der Waals surface area contributed by atoms with E-state index in [1.807, 2.05) is 49.4 Å². The van der Waals surface area contributed by atoms with Crippen LogP contribution in [0.5, 0.6) is 0 Å². The molecule has 2 fully saturated rings. The normalized spacial score (nSPS) is 30.4. The second kappa shape index (κ2) is 6.14. The van der Waals surface area contributed by atoms with Gasteiger partial charge in [0.25, 0.3) is 0 Å². The highest BCUT2D eigenvalue weighted by atomic mass is 16.4. The van der Waals surface area contributed by atoms with Crippen molar-refractivity contribution in [2.75, 3.05) is 0 Å². The Morgan fingerprint density at radius 3 is 2.24 bits per heavy atom. The highest BCUT2D eigenvalue weighted by Crippen LogP contribution is 2.59. The summed E-state index contributed by atoms with van der Waals surface area (Å²) in [5.74, 6) is -1.28. The molecule has 5 atom stereocenters. The zero-order valence-corrected chi connectivity index (χ0v) is 14.3. The fraction of sp³-hybridized carbons (Fsp3) is 0.364. The average Bonchev–Trinajstić information content (AvgIpc) is 3.21. The maximum atomic E-state index is 13.0. The van der Waals surface area contributed by atoms with E-state index in [2.05, 4.69) is 12.1 Å². The van der Waals surface area contributed by atoms with E-state index in [-0.39, 0.29) is 29.5 Å². The van der Waals surface area contributed by atoms with Crippen LogP contribution in [0.25, 0.3) is 0 Å². The fourth-order valence-corrected chi connectivity index (χ4v) is 5.07. The largest absolute Gasteiger partial charge is 0.481 e. The van der Waals surface area contributed by atoms with Gasteiger partial charge in [-0.2, -0.15) is 0 Å². The summed E-state index contributed by atoms with van der Waals surface area (Å²) in [5.41, 5.74) is 2.96. The summed E-state index contributed by atoms with van der Waals surface area (Å²) < 4.78 is 0. The molecule has 0 saturated heterocycles. The molecule has 4 rings (SSSR count). The molecule has 3 heteroatoms. The molecule has 2 aliphatic rings. The minimum Gasteiger partial charge on any atom is -0.481 e. The number of carboxylic acid groups (broad SMARTS) is 1. The van der Waals surface area contributed by atoms with Crippen molar-refractivity contribution >= 4 is 11.8 Å². The number of Topliss-reactive ketones (excluding diaryl/α,β-unsaturated/α-hetero) is 1. The van der Waals surface area contributed by atoms with E-state index in [9.17, 15) is 14.7 Å². The summed E-state index contributed by atoms with van der Waals surface area (Å²) in [5, 5.41) is 9.86. The minimum atomic E-state index is -0.821. The lowest BCUT2D eigenvalue weighted by Gasteiger charge is -2.33. The summed E-state index contributed by atoms with van der Waals surface area (Å²) in [7, 11) is 0. The van der Waals surface area contributed by atoms with E-state index in [1.165, 1.54) is 5.56 Å². The summed E-state index contributed by atoms with van der Waals surface area (Å²) in [6, 6.07) is 17.7. The molecule has 0 unspecified atom stereocenters. The second-order valence-corrected chi connectivity index (χ2v) is 7.53. The Hall–Kier alpha value is -2.42. The van der Waals surface area contributed by atoms with Gasteiger partial charge in [-0.25, -0.2) is 0 Å². The van der Waals surface area contributed by atoms with Crippen LogP contribution in [-0.4, -0.2) is 16.9 Å². The molecular weight excluding hydrogens is 312 g/mol. The van der Waals surface area contributed by atoms with Gasteiger partial charge in [0.2, 0.25) is 0 Å². The minimum absolute atomic E-state index is 0.00594. The van der Waals surface area contributed by atoms with Crippen LogP contribution in [0.4, 0.5) is 0 Å². The molecule has 25 heavy (non-hydrogen) atoms. The molecule has 0 amide bonds. The topological polar surface area (TPSA) is 54.4 Å². The maximum absolute atomic E-state index is 13.0. The van der Waals surface area contributed by atoms with Crippen LogP contribution in [-0.2, 0) is 4.79 Å². The predicted octanol–water partition coefficient (Wildman–Crippen LogP) is 4.32. The Morgan fingerprint density at radius 1 is 0.920 bits per heavy atom. The van der Waals surface area contributed by atoms with Gasteiger partial charge in [0.05, 0.1) is 5.92 Å². The molecule has 1 N–H and O–H groups in total. The van der Waals surface area contributed by atoms with Crippen molar-refractivity contribution in [2.45, 2.75) is 25.7 Å². The number of hydrogen-bond acceptors (Lipinski definition) is 2. The molecule has 2 aromatic carbocycles. The molecule has 2 aliphatic carbocycles. The van der Waals surface area contributed by atoms with Crippen molar-refractivity contribution < 1.29 is 14.7 Å². The summed E-state index contributed by atoms with van der Waals surface area (Å²) in [6.45, 7) is 1.98. The third kappa shape index (κ3) is 2.68. The van der Waals surface area contributed by atoms with Crippen LogP contribution >= 0.6 is 0 Å². The van der Waals surface area contributed by atoms with Gasteiger partial charge in [0, 0.05) is 11.5 Å². The number of aliphatic carboxylic acids is 1. The number of carbonyl (C=O) groups excluding carboxylic acids is 1. The summed E-state index contributed by atoms with van der Waals surface area (Å²) in [4.78, 5) is 25.1. The van der Waals surface area contributed by atoms with Gasteiger partial charge in [0.15, 0.2) is 5.78 Å². The van der Waals surface area contributed by atoms with Gasteiger partial charge in [0.1, 0.15) is 0 Å². The third-order valence-electron chi connectivity index (χ3n) is 6.16. The van der Waals surface area contributed by atoms with E-state index in [0.29, 0.717) is 5.56 Å². The second-order valence-electron chi connectivity index (χ2n) is 7.53. The Kier molecular flexibility index (Phi) is 3.95. The first kappa shape index (κ1) is 16.1. The summed E-state index contributed by atoms with van der Waals surface area (Å²) in [6.07, 6.45) is 1.76. The smallest absolute Gasteiger partial charge is 0.307 e. The number of benzene rings is 2. The van der Waals surface area contributed by atoms with Crippen LogP contribution in [0, 0.1) is 30.6 Å². The van der Waals surface area contributed by atoms with Crippen LogP contribution in [0.15, 0.2) is 54.6 Å². The number of hydrogen-bond donors (Lipinski definition) is 1. The molecule has 0 aromatic heterocycles. The van der Waals surface area contributed by atoms with Crippen LogP contribution < -0.4 is 0 Å². The fourth-order valence-electron chi connectivity index (χ4n) is 5.07. The molecular formula is C22H22O3. The van der Waals surface area contributed by atoms with Crippen molar-refractivity contribution in [1.29, 1.82) is 0 Å². The van der Waals surface area contributed by atoms with Crippen molar-refractivity contribution in [3.63, 3.8) is 0 Å². The molecule has 2 aromatic rings. The molecule has 2 bridgehead atoms. The van der Waals surface area contributed by atoms with Crippen molar-refractivity contribution in [2.24, 2.45) is 23.7 Å². The van der Waals surface area contributed by atoms with Crippen molar-refractivity contribution in [3.05, 3.63) is 71.3 Å². The summed E-state index contributed by atoms with van der Waals surface area (Å²) >= 11 is 0. The Balaban J connectivity index is 1.64. The lowest BCUT2D eigenvalue weighted by Crippen LogP contribution is -2.37. The molecule has 2 saturated carbocycles. The van der Waals surface area contributed by atoms with Crippen molar-refractivity contribution in [3.8, 4) is 0 Å². The highest BCUT2D eigenvalue weighted by molar-refractivity contribution is 6.00. The number of fused-ring (bicyclic) bond motifs is 2. The van der Waals surface area contributed by atoms with Gasteiger partial charge < -0.3 is 5.11 Å². The average molecular weight is 334 g/mol. The Labute approximate surface area is 147 Å². The van der Waals surface area contributed by atoms with Gasteiger partial charge in [-0.15, -0.1) is 0 Å². The molecule has 0 aliphatic heterocycles. The molecule has 3 nitrogen and oxygen atoms in total. The van der Waals surface area contributed by atoms with Gasteiger partial charge in [-0.05, 0) is 43.1 Å². The van der Waals surface area contributed by atoms with E-state index in [0.717, 1.165) is 18.4 Å². The number of ketones is 1. The van der Waals surface area contributed by atoms with Crippen LogP contribution in [0.2, 0.25) is 0 Å². The molecule has 128 valence electrons. The monoisotopic (exact) mass is 334 g/mol. The standard InChI is InChI=1S/C22H22O3/c1-13-7-9-15(10-8-13)21(23)19-16-11-17(14-5-3-2-4-6-14)18(12-16)20(19)22(24)25/h2-10,16-20H,11-12H2,1H3,(H,24,25)/t16-,17+,18-,19-,20+/m1/s1.